The molecule has 0 radical (unpaired) electrons. The minimum atomic E-state index is -4.48. The molecule has 2 aromatic heterocycles. The van der Waals surface area contributed by atoms with E-state index in [0.717, 1.165) is 25.0 Å². The lowest BCUT2D eigenvalue weighted by Gasteiger charge is -2.24. The molecule has 0 saturated heterocycles. The lowest BCUT2D eigenvalue weighted by Crippen LogP contribution is -2.36. The lowest BCUT2D eigenvalue weighted by atomic mass is 9.98. The fraction of sp³-hybridized carbons (Fsp3) is 0.300. The molecule has 206 valence electrons. The molecule has 1 aliphatic heterocycles. The van der Waals surface area contributed by atoms with Crippen molar-refractivity contribution < 1.29 is 23.1 Å². The molecule has 0 bridgehead atoms. The fourth-order valence-electron chi connectivity index (χ4n) is 5.39. The van der Waals surface area contributed by atoms with Gasteiger partial charge in [-0.2, -0.15) is 13.2 Å². The molecular formula is C30H26F3N3O3S. The molecule has 1 saturated carbocycles. The Kier molecular flexibility index (Phi) is 6.62. The van der Waals surface area contributed by atoms with Crippen LogP contribution in [0.1, 0.15) is 58.5 Å². The topological polar surface area (TPSA) is 86.3 Å². The van der Waals surface area contributed by atoms with Crippen molar-refractivity contribution in [3.8, 4) is 11.1 Å². The molecule has 6 nitrogen and oxygen atoms in total. The van der Waals surface area contributed by atoms with Crippen molar-refractivity contribution in [2.75, 3.05) is 6.54 Å². The molecule has 6 rings (SSSR count). The number of amides is 1. The molecular weight excluding hydrogens is 539 g/mol. The van der Waals surface area contributed by atoms with Crippen LogP contribution in [-0.4, -0.2) is 32.4 Å². The molecule has 4 aromatic rings. The molecule has 3 heterocycles. The van der Waals surface area contributed by atoms with E-state index in [0.29, 0.717) is 47.6 Å². The number of hydrogen-bond donors (Lipinski definition) is 2. The maximum Gasteiger partial charge on any atom is 0.416 e. The molecule has 2 aliphatic rings. The maximum absolute atomic E-state index is 13.4. The van der Waals surface area contributed by atoms with Gasteiger partial charge in [-0.15, -0.1) is 11.3 Å². The van der Waals surface area contributed by atoms with Crippen LogP contribution in [0.5, 0.6) is 0 Å². The van der Waals surface area contributed by atoms with Crippen molar-refractivity contribution in [2.45, 2.75) is 49.9 Å². The highest BCUT2D eigenvalue weighted by Crippen LogP contribution is 2.53. The van der Waals surface area contributed by atoms with Crippen LogP contribution in [-0.2, 0) is 29.4 Å². The minimum Gasteiger partial charge on any atom is -0.378 e. The van der Waals surface area contributed by atoms with Gasteiger partial charge < -0.3 is 15.0 Å². The number of carbonyl (C=O) groups is 1. The molecule has 1 aliphatic carbocycles. The van der Waals surface area contributed by atoms with Crippen LogP contribution < -0.4 is 5.56 Å². The molecule has 0 spiro atoms. The van der Waals surface area contributed by atoms with E-state index in [1.165, 1.54) is 21.9 Å². The first kappa shape index (κ1) is 26.5. The Morgan fingerprint density at radius 3 is 2.52 bits per heavy atom. The summed E-state index contributed by atoms with van der Waals surface area (Å²) < 4.78 is 39.6. The number of nitrogens with one attached hydrogen (secondary N) is 1. The minimum absolute atomic E-state index is 0.0210. The summed E-state index contributed by atoms with van der Waals surface area (Å²) in [4.78, 5) is 37.1. The number of fused-ring (bicyclic) bond motifs is 1. The molecule has 1 atom stereocenters. The number of aromatic amines is 1. The van der Waals surface area contributed by atoms with Gasteiger partial charge in [0.25, 0.3) is 11.5 Å². The summed E-state index contributed by atoms with van der Waals surface area (Å²) in [5, 5.41) is 13.0. The molecule has 2 aromatic carbocycles. The van der Waals surface area contributed by atoms with Crippen molar-refractivity contribution in [3.05, 3.63) is 109 Å². The van der Waals surface area contributed by atoms with E-state index in [2.05, 4.69) is 11.1 Å². The Labute approximate surface area is 232 Å². The second-order valence-electron chi connectivity index (χ2n) is 10.4. The van der Waals surface area contributed by atoms with E-state index >= 15 is 0 Å². The van der Waals surface area contributed by atoms with Crippen LogP contribution in [0.25, 0.3) is 11.1 Å². The highest BCUT2D eigenvalue weighted by molar-refractivity contribution is 7.10. The Morgan fingerprint density at radius 2 is 1.82 bits per heavy atom. The summed E-state index contributed by atoms with van der Waals surface area (Å²) in [6.45, 7) is 0.359. The van der Waals surface area contributed by atoms with Crippen molar-refractivity contribution in [3.63, 3.8) is 0 Å². The Morgan fingerprint density at radius 1 is 1.07 bits per heavy atom. The quantitative estimate of drug-likeness (QED) is 0.330. The number of carbonyl (C=O) groups excluding carboxylic acids is 1. The number of rotatable bonds is 5. The van der Waals surface area contributed by atoms with Gasteiger partial charge in [-0.05, 0) is 72.0 Å². The smallest absolute Gasteiger partial charge is 0.378 e. The Bertz CT molecular complexity index is 1630. The van der Waals surface area contributed by atoms with Gasteiger partial charge in [-0.25, -0.2) is 4.98 Å². The lowest BCUT2D eigenvalue weighted by molar-refractivity contribution is -0.141. The third-order valence-corrected chi connectivity index (χ3v) is 8.83. The molecule has 10 heteroatoms. The number of aryl methyl sites for hydroxylation is 1. The van der Waals surface area contributed by atoms with Crippen molar-refractivity contribution in [1.29, 1.82) is 0 Å². The van der Waals surface area contributed by atoms with Crippen molar-refractivity contribution in [2.24, 2.45) is 0 Å². The zero-order valence-corrected chi connectivity index (χ0v) is 22.2. The van der Waals surface area contributed by atoms with Crippen LogP contribution in [0, 0.1) is 0 Å². The molecule has 2 N–H and O–H groups in total. The van der Waals surface area contributed by atoms with Crippen molar-refractivity contribution >= 4 is 17.2 Å². The summed E-state index contributed by atoms with van der Waals surface area (Å²) in [6, 6.07) is 15.3. The molecule has 1 unspecified atom stereocenters. The average Bonchev–Trinajstić information content (AvgIpc) is 3.64. The van der Waals surface area contributed by atoms with Gasteiger partial charge in [0, 0.05) is 11.4 Å². The van der Waals surface area contributed by atoms with E-state index in [1.807, 2.05) is 11.4 Å². The largest absolute Gasteiger partial charge is 0.416 e. The van der Waals surface area contributed by atoms with Gasteiger partial charge >= 0.3 is 6.18 Å². The van der Waals surface area contributed by atoms with Crippen molar-refractivity contribution in [1.82, 2.24) is 14.9 Å². The first-order chi connectivity index (χ1) is 19.2. The zero-order chi connectivity index (χ0) is 28.1. The van der Waals surface area contributed by atoms with Gasteiger partial charge in [0.05, 0.1) is 28.8 Å². The van der Waals surface area contributed by atoms with Crippen LogP contribution in [0.3, 0.4) is 0 Å². The SMILES string of the molecule is O=C(C(O)c1cccc(-c2cccc(C(F)(F)F)c2)c1)N1CCCc2nc(C3(c4cccs4)CC3)[nH]c(=O)c2C1. The van der Waals surface area contributed by atoms with E-state index in [9.17, 15) is 27.9 Å². The van der Waals surface area contributed by atoms with Gasteiger partial charge in [0.1, 0.15) is 5.82 Å². The Balaban J connectivity index is 1.24. The molecule has 40 heavy (non-hydrogen) atoms. The number of H-pyrrole nitrogens is 1. The monoisotopic (exact) mass is 565 g/mol. The summed E-state index contributed by atoms with van der Waals surface area (Å²) in [7, 11) is 0. The normalized spacial score (nSPS) is 17.1. The van der Waals surface area contributed by atoms with Gasteiger partial charge in [-0.3, -0.25) is 9.59 Å². The number of alkyl halides is 3. The third-order valence-electron chi connectivity index (χ3n) is 7.76. The van der Waals surface area contributed by atoms with E-state index in [4.69, 9.17) is 4.98 Å². The molecule has 1 fully saturated rings. The number of nitrogens with zero attached hydrogens (tertiary/aromatic N) is 2. The van der Waals surface area contributed by atoms with Crippen LogP contribution in [0.2, 0.25) is 0 Å². The number of thiophene rings is 1. The number of aromatic nitrogens is 2. The number of hydrogen-bond acceptors (Lipinski definition) is 5. The highest BCUT2D eigenvalue weighted by atomic mass is 32.1. The number of benzene rings is 2. The second-order valence-corrected chi connectivity index (χ2v) is 11.3. The summed E-state index contributed by atoms with van der Waals surface area (Å²) in [5.41, 5.74) is 0.834. The molecule has 1 amide bonds. The van der Waals surface area contributed by atoms with Gasteiger partial charge in [0.2, 0.25) is 0 Å². The maximum atomic E-state index is 13.4. The first-order valence-corrected chi connectivity index (χ1v) is 13.9. The second kappa shape index (κ2) is 10.0. The average molecular weight is 566 g/mol. The summed E-state index contributed by atoms with van der Waals surface area (Å²) >= 11 is 1.65. The van der Waals surface area contributed by atoms with Gasteiger partial charge in [0.15, 0.2) is 6.10 Å². The third kappa shape index (κ3) is 4.86. The summed E-state index contributed by atoms with van der Waals surface area (Å²) in [5.74, 6) is 0.0969. The van der Waals surface area contributed by atoms with E-state index < -0.39 is 23.8 Å². The van der Waals surface area contributed by atoms with Gasteiger partial charge in [-0.1, -0.05) is 36.4 Å². The zero-order valence-electron chi connectivity index (χ0n) is 21.4. The standard InChI is InChI=1S/C30H26F3N3O3S/c31-30(32,33)21-8-2-6-19(16-21)18-5-1-7-20(15-18)25(37)27(39)36-13-3-9-23-22(17-36)26(38)35-28(34-23)29(11-12-29)24-10-4-14-40-24/h1-2,4-8,10,14-16,25,37H,3,9,11-13,17H2,(H,34,35,38). The predicted octanol–water partition coefficient (Wildman–Crippen LogP) is 5.61. The van der Waals surface area contributed by atoms with E-state index in [1.54, 1.807) is 35.6 Å². The van der Waals surface area contributed by atoms with Crippen LogP contribution in [0.15, 0.2) is 70.8 Å². The summed E-state index contributed by atoms with van der Waals surface area (Å²) in [6.07, 6.45) is -3.05. The number of aliphatic hydroxyl groups is 1. The number of aliphatic hydroxyl groups excluding tert-OH is 1. The predicted molar refractivity (Wildman–Crippen MR) is 145 cm³/mol. The van der Waals surface area contributed by atoms with Crippen LogP contribution in [0.4, 0.5) is 13.2 Å². The highest BCUT2D eigenvalue weighted by Gasteiger charge is 2.49. The first-order valence-electron chi connectivity index (χ1n) is 13.1. The van der Waals surface area contributed by atoms with E-state index in [-0.39, 0.29) is 23.1 Å². The fourth-order valence-corrected chi connectivity index (χ4v) is 6.38. The number of halogens is 3. The van der Waals surface area contributed by atoms with Crippen LogP contribution >= 0.6 is 11.3 Å². The Hall–Kier alpha value is -3.76.